The number of aliphatic hydroxyl groups is 1. The molecule has 2 aliphatic rings. The van der Waals surface area contributed by atoms with Crippen molar-refractivity contribution in [2.45, 2.75) is 32.0 Å². The highest BCUT2D eigenvalue weighted by atomic mass is 16.3. The molecule has 0 saturated carbocycles. The summed E-state index contributed by atoms with van der Waals surface area (Å²) in [7, 11) is 0. The van der Waals surface area contributed by atoms with Crippen molar-refractivity contribution in [2.24, 2.45) is 5.92 Å². The fourth-order valence-corrected chi connectivity index (χ4v) is 2.04. The molecule has 2 rings (SSSR count). The highest BCUT2D eigenvalue weighted by Crippen LogP contribution is 2.26. The van der Waals surface area contributed by atoms with Crippen molar-refractivity contribution >= 4 is 6.03 Å². The second kappa shape index (κ2) is 2.62. The highest BCUT2D eigenvalue weighted by Gasteiger charge is 2.40. The number of hydrogen-bond acceptors (Lipinski definition) is 2. The van der Waals surface area contributed by atoms with Crippen molar-refractivity contribution in [2.75, 3.05) is 6.54 Å². The van der Waals surface area contributed by atoms with Gasteiger partial charge in [-0.1, -0.05) is 6.92 Å². The first-order valence-electron chi connectivity index (χ1n) is 4.43. The third-order valence-corrected chi connectivity index (χ3v) is 2.76. The zero-order valence-electron chi connectivity index (χ0n) is 7.16. The smallest absolute Gasteiger partial charge is 0.319 e. The summed E-state index contributed by atoms with van der Waals surface area (Å²) in [6.07, 6.45) is 1.37. The molecule has 2 saturated heterocycles. The van der Waals surface area contributed by atoms with Gasteiger partial charge in [-0.15, -0.1) is 0 Å². The minimum absolute atomic E-state index is 0.0219. The van der Waals surface area contributed by atoms with Crippen molar-refractivity contribution in [3.8, 4) is 0 Å². The lowest BCUT2D eigenvalue weighted by molar-refractivity contribution is 0.0733. The van der Waals surface area contributed by atoms with Gasteiger partial charge in [0.05, 0.1) is 6.04 Å². The first-order valence-corrected chi connectivity index (χ1v) is 4.43. The van der Waals surface area contributed by atoms with Crippen molar-refractivity contribution in [1.82, 2.24) is 10.2 Å². The van der Waals surface area contributed by atoms with Crippen molar-refractivity contribution in [3.05, 3.63) is 0 Å². The number of aliphatic hydroxyl groups excluding tert-OH is 1. The van der Waals surface area contributed by atoms with Crippen LogP contribution in [0.1, 0.15) is 19.8 Å². The molecule has 4 heteroatoms. The molecular weight excluding hydrogens is 156 g/mol. The van der Waals surface area contributed by atoms with Crippen LogP contribution in [0.25, 0.3) is 0 Å². The summed E-state index contributed by atoms with van der Waals surface area (Å²) in [6.45, 7) is 2.92. The van der Waals surface area contributed by atoms with E-state index < -0.39 is 6.23 Å². The number of rotatable bonds is 0. The highest BCUT2D eigenvalue weighted by molar-refractivity contribution is 5.77. The molecule has 2 aliphatic heterocycles. The van der Waals surface area contributed by atoms with E-state index in [-0.39, 0.29) is 12.1 Å². The van der Waals surface area contributed by atoms with E-state index in [0.717, 1.165) is 19.4 Å². The van der Waals surface area contributed by atoms with Gasteiger partial charge in [0.2, 0.25) is 0 Å². The van der Waals surface area contributed by atoms with E-state index in [0.29, 0.717) is 5.92 Å². The van der Waals surface area contributed by atoms with Gasteiger partial charge in [0.15, 0.2) is 0 Å². The number of amides is 2. The number of nitrogens with zero attached hydrogens (tertiary/aromatic N) is 1. The average molecular weight is 170 g/mol. The molecule has 0 spiro atoms. The quantitative estimate of drug-likeness (QED) is 0.543. The molecule has 0 aliphatic carbocycles. The predicted octanol–water partition coefficient (Wildman–Crippen LogP) is 0.128. The summed E-state index contributed by atoms with van der Waals surface area (Å²) in [4.78, 5) is 13.0. The van der Waals surface area contributed by atoms with Crippen LogP contribution in [0.4, 0.5) is 4.79 Å². The Labute approximate surface area is 71.5 Å². The van der Waals surface area contributed by atoms with Gasteiger partial charge in [0.1, 0.15) is 6.23 Å². The van der Waals surface area contributed by atoms with Gasteiger partial charge in [0.25, 0.3) is 0 Å². The number of nitrogens with one attached hydrogen (secondary N) is 1. The minimum atomic E-state index is -0.648. The maximum Gasteiger partial charge on any atom is 0.319 e. The standard InChI is InChI=1S/C8H14N2O2/c1-5-2-3-6-7(11)9-8(12)10(6)4-5/h5-7,11H,2-4H2,1H3,(H,9,12). The molecule has 0 bridgehead atoms. The molecule has 3 atom stereocenters. The Morgan fingerprint density at radius 3 is 3.08 bits per heavy atom. The molecular formula is C8H14N2O2. The summed E-state index contributed by atoms with van der Waals surface area (Å²) in [5, 5.41) is 11.9. The van der Waals surface area contributed by atoms with E-state index in [1.807, 2.05) is 0 Å². The van der Waals surface area contributed by atoms with Crippen LogP contribution in [0.2, 0.25) is 0 Å². The van der Waals surface area contributed by atoms with Gasteiger partial charge >= 0.3 is 6.03 Å². The molecule has 12 heavy (non-hydrogen) atoms. The third kappa shape index (κ3) is 1.06. The largest absolute Gasteiger partial charge is 0.371 e. The van der Waals surface area contributed by atoms with Crippen molar-refractivity contribution in [1.29, 1.82) is 0 Å². The minimum Gasteiger partial charge on any atom is -0.371 e. The summed E-state index contributed by atoms with van der Waals surface area (Å²) < 4.78 is 0. The molecule has 68 valence electrons. The van der Waals surface area contributed by atoms with Gasteiger partial charge in [-0.2, -0.15) is 0 Å². The Morgan fingerprint density at radius 2 is 2.33 bits per heavy atom. The SMILES string of the molecule is CC1CCC2C(O)NC(=O)N2C1. The maximum atomic E-state index is 11.2. The average Bonchev–Trinajstić information content (AvgIpc) is 2.28. The Bertz CT molecular complexity index is 207. The predicted molar refractivity (Wildman–Crippen MR) is 43.4 cm³/mol. The number of urea groups is 1. The molecule has 2 amide bonds. The van der Waals surface area contributed by atoms with Gasteiger partial charge in [-0.25, -0.2) is 4.79 Å². The molecule has 2 heterocycles. The summed E-state index contributed by atoms with van der Waals surface area (Å²) in [6, 6.07) is -0.0900. The van der Waals surface area contributed by atoms with E-state index in [2.05, 4.69) is 12.2 Å². The fraction of sp³-hybridized carbons (Fsp3) is 0.875. The van der Waals surface area contributed by atoms with Crippen LogP contribution in [0, 0.1) is 5.92 Å². The molecule has 0 radical (unpaired) electrons. The van der Waals surface area contributed by atoms with Crippen LogP contribution < -0.4 is 5.32 Å². The van der Waals surface area contributed by atoms with Crippen molar-refractivity contribution < 1.29 is 9.90 Å². The van der Waals surface area contributed by atoms with Gasteiger partial charge < -0.3 is 15.3 Å². The van der Waals surface area contributed by atoms with Crippen LogP contribution in [0.15, 0.2) is 0 Å². The number of fused-ring (bicyclic) bond motifs is 1. The Morgan fingerprint density at radius 1 is 1.58 bits per heavy atom. The lowest BCUT2D eigenvalue weighted by atomic mass is 9.95. The first-order chi connectivity index (χ1) is 5.68. The molecule has 2 fully saturated rings. The van der Waals surface area contributed by atoms with Crippen LogP contribution in [-0.2, 0) is 0 Å². The van der Waals surface area contributed by atoms with E-state index in [4.69, 9.17) is 0 Å². The monoisotopic (exact) mass is 170 g/mol. The number of carbonyl (C=O) groups is 1. The summed E-state index contributed by atoms with van der Waals surface area (Å²) >= 11 is 0. The van der Waals surface area contributed by atoms with Crippen LogP contribution in [0.3, 0.4) is 0 Å². The normalized spacial score (nSPS) is 41.0. The second-order valence-corrected chi connectivity index (χ2v) is 3.80. The number of piperidine rings is 1. The summed E-state index contributed by atoms with van der Waals surface area (Å²) in [5.74, 6) is 0.567. The Balaban J connectivity index is 2.12. The van der Waals surface area contributed by atoms with E-state index in [9.17, 15) is 9.90 Å². The maximum absolute atomic E-state index is 11.2. The molecule has 4 nitrogen and oxygen atoms in total. The molecule has 3 unspecified atom stereocenters. The lowest BCUT2D eigenvalue weighted by Gasteiger charge is -2.32. The van der Waals surface area contributed by atoms with Gasteiger partial charge in [-0.05, 0) is 18.8 Å². The third-order valence-electron chi connectivity index (χ3n) is 2.76. The fourth-order valence-electron chi connectivity index (χ4n) is 2.04. The van der Waals surface area contributed by atoms with Crippen LogP contribution >= 0.6 is 0 Å². The zero-order valence-corrected chi connectivity index (χ0v) is 7.16. The molecule has 0 aromatic carbocycles. The molecule has 0 aromatic heterocycles. The van der Waals surface area contributed by atoms with Gasteiger partial charge in [-0.3, -0.25) is 0 Å². The summed E-state index contributed by atoms with van der Waals surface area (Å²) in [5.41, 5.74) is 0. The second-order valence-electron chi connectivity index (χ2n) is 3.80. The molecule has 0 aromatic rings. The van der Waals surface area contributed by atoms with E-state index in [1.54, 1.807) is 4.90 Å². The topological polar surface area (TPSA) is 52.6 Å². The number of hydrogen-bond donors (Lipinski definition) is 2. The van der Waals surface area contributed by atoms with E-state index in [1.165, 1.54) is 0 Å². The van der Waals surface area contributed by atoms with Crippen LogP contribution in [0.5, 0.6) is 0 Å². The van der Waals surface area contributed by atoms with Crippen LogP contribution in [-0.4, -0.2) is 34.9 Å². The zero-order chi connectivity index (χ0) is 8.72. The number of carbonyl (C=O) groups excluding carboxylic acids is 1. The molecule has 2 N–H and O–H groups in total. The van der Waals surface area contributed by atoms with Crippen molar-refractivity contribution in [3.63, 3.8) is 0 Å². The Hall–Kier alpha value is -0.770. The van der Waals surface area contributed by atoms with E-state index >= 15 is 0 Å². The Kier molecular flexibility index (Phi) is 1.72. The lowest BCUT2D eigenvalue weighted by Crippen LogP contribution is -2.43. The van der Waals surface area contributed by atoms with Gasteiger partial charge in [0, 0.05) is 6.54 Å². The first kappa shape index (κ1) is 7.86.